The maximum absolute atomic E-state index is 9.60. The monoisotopic (exact) mass is 460 g/mol. The zero-order valence-corrected chi connectivity index (χ0v) is 20.0. The molecule has 6 nitrogen and oxygen atoms in total. The van der Waals surface area contributed by atoms with Gasteiger partial charge in [-0.05, 0) is 60.5 Å². The van der Waals surface area contributed by atoms with E-state index in [2.05, 4.69) is 64.5 Å². The maximum atomic E-state index is 9.60. The summed E-state index contributed by atoms with van der Waals surface area (Å²) in [6.07, 6.45) is 6.86. The summed E-state index contributed by atoms with van der Waals surface area (Å²) in [4.78, 5) is 9.47. The summed E-state index contributed by atoms with van der Waals surface area (Å²) in [6.45, 7) is 6.75. The van der Waals surface area contributed by atoms with Crippen LogP contribution in [-0.4, -0.2) is 34.2 Å². The number of likely N-dealkylation sites (N-methyl/N-ethyl adjacent to an activating group) is 1. The van der Waals surface area contributed by atoms with E-state index in [-0.39, 0.29) is 0 Å². The van der Waals surface area contributed by atoms with E-state index in [1.807, 2.05) is 48.8 Å². The van der Waals surface area contributed by atoms with Crippen molar-refractivity contribution in [2.24, 2.45) is 0 Å². The van der Waals surface area contributed by atoms with E-state index in [9.17, 15) is 5.26 Å². The highest BCUT2D eigenvalue weighted by Gasteiger charge is 2.16. The Morgan fingerprint density at radius 1 is 1.00 bits per heavy atom. The molecular formula is C29H28N6. The lowest BCUT2D eigenvalue weighted by molar-refractivity contribution is 0.739. The summed E-state index contributed by atoms with van der Waals surface area (Å²) < 4.78 is 2.13. The number of rotatable bonds is 8. The number of nitriles is 1. The molecular weight excluding hydrogens is 432 g/mol. The first-order valence-electron chi connectivity index (χ1n) is 12.1. The van der Waals surface area contributed by atoms with E-state index in [4.69, 9.17) is 4.98 Å². The van der Waals surface area contributed by atoms with Gasteiger partial charge in [-0.1, -0.05) is 32.0 Å². The van der Waals surface area contributed by atoms with Crippen molar-refractivity contribution in [3.63, 3.8) is 0 Å². The van der Waals surface area contributed by atoms with Crippen molar-refractivity contribution in [1.29, 1.82) is 5.26 Å². The third-order valence-corrected chi connectivity index (χ3v) is 6.32. The van der Waals surface area contributed by atoms with Crippen LogP contribution in [0.25, 0.3) is 38.8 Å². The second-order valence-corrected chi connectivity index (χ2v) is 8.47. The van der Waals surface area contributed by atoms with Crippen molar-refractivity contribution in [1.82, 2.24) is 19.9 Å². The molecule has 6 heteroatoms. The molecule has 3 heterocycles. The zero-order chi connectivity index (χ0) is 24.2. The molecule has 5 aromatic rings. The summed E-state index contributed by atoms with van der Waals surface area (Å²) in [5.41, 5.74) is 7.75. The molecule has 0 spiro atoms. The van der Waals surface area contributed by atoms with Crippen LogP contribution in [0.3, 0.4) is 0 Å². The average Bonchev–Trinajstić information content (AvgIpc) is 3.30. The number of aryl methyl sites for hydroxylation is 1. The van der Waals surface area contributed by atoms with Crippen LogP contribution in [0.1, 0.15) is 25.0 Å². The fourth-order valence-electron chi connectivity index (χ4n) is 4.54. The quantitative estimate of drug-likeness (QED) is 0.291. The number of fused-ring (bicyclic) bond motifs is 2. The van der Waals surface area contributed by atoms with Crippen molar-refractivity contribution in [2.75, 3.05) is 25.0 Å². The van der Waals surface area contributed by atoms with Gasteiger partial charge in [-0.15, -0.1) is 0 Å². The third-order valence-electron chi connectivity index (χ3n) is 6.32. The van der Waals surface area contributed by atoms with E-state index in [0.29, 0.717) is 5.56 Å². The molecule has 0 aliphatic rings. The molecule has 0 bridgehead atoms. The Bertz CT molecular complexity index is 1540. The fourth-order valence-corrected chi connectivity index (χ4v) is 4.54. The van der Waals surface area contributed by atoms with Gasteiger partial charge in [0.1, 0.15) is 11.7 Å². The number of hydrogen-bond donors (Lipinski definition) is 2. The number of hydrogen-bond acceptors (Lipinski definition) is 5. The molecule has 174 valence electrons. The van der Waals surface area contributed by atoms with Crippen LogP contribution in [0, 0.1) is 11.3 Å². The van der Waals surface area contributed by atoms with E-state index in [1.165, 1.54) is 5.56 Å². The predicted molar refractivity (Wildman–Crippen MR) is 143 cm³/mol. The molecule has 0 fully saturated rings. The molecule has 0 aliphatic carbocycles. The summed E-state index contributed by atoms with van der Waals surface area (Å²) in [7, 11) is 0. The smallest absolute Gasteiger partial charge is 0.145 e. The normalized spacial score (nSPS) is 11.1. The van der Waals surface area contributed by atoms with Crippen LogP contribution >= 0.6 is 0 Å². The lowest BCUT2D eigenvalue weighted by atomic mass is 10.0. The van der Waals surface area contributed by atoms with Gasteiger partial charge in [-0.3, -0.25) is 4.98 Å². The van der Waals surface area contributed by atoms with Gasteiger partial charge in [0.25, 0.3) is 0 Å². The Morgan fingerprint density at radius 2 is 1.89 bits per heavy atom. The number of para-hydroxylation sites is 1. The second-order valence-electron chi connectivity index (χ2n) is 8.47. The lowest BCUT2D eigenvalue weighted by Gasteiger charge is -2.12. The van der Waals surface area contributed by atoms with E-state index in [0.717, 1.165) is 70.5 Å². The summed E-state index contributed by atoms with van der Waals surface area (Å²) in [5, 5.41) is 18.6. The lowest BCUT2D eigenvalue weighted by Crippen LogP contribution is -2.21. The minimum absolute atomic E-state index is 0.633. The highest BCUT2D eigenvalue weighted by atomic mass is 15.0. The molecule has 0 unspecified atom stereocenters. The molecule has 3 aromatic heterocycles. The molecule has 0 radical (unpaired) electrons. The molecule has 2 aromatic carbocycles. The topological polar surface area (TPSA) is 78.6 Å². The highest BCUT2D eigenvalue weighted by molar-refractivity contribution is 5.98. The van der Waals surface area contributed by atoms with Gasteiger partial charge >= 0.3 is 0 Å². The zero-order valence-electron chi connectivity index (χ0n) is 20.0. The highest BCUT2D eigenvalue weighted by Crippen LogP contribution is 2.34. The van der Waals surface area contributed by atoms with Crippen LogP contribution in [0.5, 0.6) is 0 Å². The molecule has 0 atom stereocenters. The number of pyridine rings is 2. The van der Waals surface area contributed by atoms with Gasteiger partial charge in [-0.2, -0.15) is 5.26 Å². The van der Waals surface area contributed by atoms with Gasteiger partial charge in [0.15, 0.2) is 0 Å². The largest absolute Gasteiger partial charge is 0.383 e. The maximum Gasteiger partial charge on any atom is 0.145 e. The molecule has 35 heavy (non-hydrogen) atoms. The summed E-state index contributed by atoms with van der Waals surface area (Å²) in [6, 6.07) is 20.6. The van der Waals surface area contributed by atoms with E-state index >= 15 is 0 Å². The van der Waals surface area contributed by atoms with Crippen LogP contribution in [0.4, 0.5) is 5.69 Å². The van der Waals surface area contributed by atoms with Gasteiger partial charge in [-0.25, -0.2) is 4.98 Å². The minimum atomic E-state index is 0.633. The molecule has 0 saturated carbocycles. The van der Waals surface area contributed by atoms with Crippen LogP contribution in [0.2, 0.25) is 0 Å². The van der Waals surface area contributed by atoms with Crippen molar-refractivity contribution < 1.29 is 0 Å². The molecule has 5 rings (SSSR count). The number of nitrogens with zero attached hydrogens (tertiary/aromatic N) is 4. The van der Waals surface area contributed by atoms with Gasteiger partial charge in [0.05, 0.1) is 16.8 Å². The Balaban J connectivity index is 1.62. The summed E-state index contributed by atoms with van der Waals surface area (Å²) in [5.74, 6) is 0. The van der Waals surface area contributed by atoms with Gasteiger partial charge in [0.2, 0.25) is 0 Å². The molecule has 0 saturated heterocycles. The fraction of sp³-hybridized carbons (Fsp3) is 0.207. The first kappa shape index (κ1) is 22.6. The van der Waals surface area contributed by atoms with Crippen molar-refractivity contribution in [3.05, 3.63) is 84.3 Å². The SMILES string of the molecule is CCNCCNc1cc(-n2cc(CC)c3c(-c4cnc5ccccc5c4)ccnc32)ccc1C#N. The first-order chi connectivity index (χ1) is 17.2. The van der Waals surface area contributed by atoms with Gasteiger partial charge in [0, 0.05) is 53.7 Å². The molecule has 0 aliphatic heterocycles. The van der Waals surface area contributed by atoms with Crippen LogP contribution in [-0.2, 0) is 6.42 Å². The Kier molecular flexibility index (Phi) is 6.42. The standard InChI is InChI=1S/C29H28N6/c1-3-20-19-35(24-10-9-22(17-30)27(16-24)32-14-13-31-4-2)29-28(20)25(11-12-33-29)23-15-21-7-5-6-8-26(21)34-18-23/h5-12,15-16,18-19,31-32H,3-4,13-14H2,1-2H3. The average molecular weight is 461 g/mol. The summed E-state index contributed by atoms with van der Waals surface area (Å²) >= 11 is 0. The third kappa shape index (κ3) is 4.34. The van der Waals surface area contributed by atoms with Crippen LogP contribution in [0.15, 0.2) is 73.2 Å². The Labute approximate surface area is 205 Å². The van der Waals surface area contributed by atoms with Crippen molar-refractivity contribution in [3.8, 4) is 22.9 Å². The van der Waals surface area contributed by atoms with E-state index < -0.39 is 0 Å². The Hall–Kier alpha value is -4.21. The number of nitrogens with one attached hydrogen (secondary N) is 2. The predicted octanol–water partition coefficient (Wildman–Crippen LogP) is 5.70. The minimum Gasteiger partial charge on any atom is -0.383 e. The van der Waals surface area contributed by atoms with Crippen molar-refractivity contribution in [2.45, 2.75) is 20.3 Å². The molecule has 0 amide bonds. The number of aromatic nitrogens is 3. The van der Waals surface area contributed by atoms with Crippen molar-refractivity contribution >= 4 is 27.6 Å². The number of benzene rings is 2. The van der Waals surface area contributed by atoms with E-state index in [1.54, 1.807) is 0 Å². The first-order valence-corrected chi connectivity index (χ1v) is 12.1. The van der Waals surface area contributed by atoms with Gasteiger partial charge < -0.3 is 15.2 Å². The number of anilines is 1. The van der Waals surface area contributed by atoms with Crippen LogP contribution < -0.4 is 10.6 Å². The Morgan fingerprint density at radius 3 is 2.71 bits per heavy atom. The molecule has 2 N–H and O–H groups in total. The second kappa shape index (κ2) is 9.96.